The molecule has 6 heteroatoms. The predicted molar refractivity (Wildman–Crippen MR) is 72.6 cm³/mol. The molecule has 0 fully saturated rings. The molecule has 1 aromatic carbocycles. The lowest BCUT2D eigenvalue weighted by molar-refractivity contribution is -0.137. The third-order valence-corrected chi connectivity index (χ3v) is 3.77. The molecule has 1 atom stereocenters. The molecule has 1 unspecified atom stereocenters. The minimum Gasteiger partial charge on any atom is -0.333 e. The largest absolute Gasteiger partial charge is 0.416 e. The van der Waals surface area contributed by atoms with E-state index in [0.717, 1.165) is 48.6 Å². The van der Waals surface area contributed by atoms with Crippen LogP contribution in [-0.2, 0) is 19.1 Å². The van der Waals surface area contributed by atoms with E-state index >= 15 is 0 Å². The van der Waals surface area contributed by atoms with Gasteiger partial charge in [-0.3, -0.25) is 0 Å². The molecule has 1 aliphatic rings. The van der Waals surface area contributed by atoms with Gasteiger partial charge in [0.1, 0.15) is 5.82 Å². The summed E-state index contributed by atoms with van der Waals surface area (Å²) in [5.74, 6) is 0.878. The number of imidazole rings is 1. The topological polar surface area (TPSA) is 43.8 Å². The number of halogens is 3. The van der Waals surface area contributed by atoms with Gasteiger partial charge >= 0.3 is 6.18 Å². The van der Waals surface area contributed by atoms with Crippen LogP contribution in [0.3, 0.4) is 0 Å². The summed E-state index contributed by atoms with van der Waals surface area (Å²) < 4.78 is 39.6. The van der Waals surface area contributed by atoms with E-state index in [-0.39, 0.29) is 6.04 Å². The van der Waals surface area contributed by atoms with E-state index in [2.05, 4.69) is 4.98 Å². The van der Waals surface area contributed by atoms with Crippen molar-refractivity contribution in [3.05, 3.63) is 53.1 Å². The molecule has 3 nitrogen and oxygen atoms in total. The van der Waals surface area contributed by atoms with E-state index in [1.165, 1.54) is 12.1 Å². The summed E-state index contributed by atoms with van der Waals surface area (Å²) >= 11 is 0. The summed E-state index contributed by atoms with van der Waals surface area (Å²) in [4.78, 5) is 4.51. The summed E-state index contributed by atoms with van der Waals surface area (Å²) in [6.07, 6.45) is 0.136. The average molecular weight is 295 g/mol. The number of fused-ring (bicyclic) bond motifs is 1. The maximum absolute atomic E-state index is 12.5. The lowest BCUT2D eigenvalue weighted by atomic mass is 10.1. The number of benzene rings is 1. The second kappa shape index (κ2) is 5.18. The van der Waals surface area contributed by atoms with Gasteiger partial charge < -0.3 is 10.3 Å². The summed E-state index contributed by atoms with van der Waals surface area (Å²) in [7, 11) is 0. The van der Waals surface area contributed by atoms with Gasteiger partial charge in [-0.2, -0.15) is 13.2 Å². The zero-order valence-corrected chi connectivity index (χ0v) is 11.4. The van der Waals surface area contributed by atoms with E-state index in [1.54, 1.807) is 0 Å². The van der Waals surface area contributed by atoms with Crippen molar-refractivity contribution in [2.75, 3.05) is 0 Å². The number of rotatable bonds is 2. The minimum absolute atomic E-state index is 0.0416. The lowest BCUT2D eigenvalue weighted by Crippen LogP contribution is -2.21. The monoisotopic (exact) mass is 295 g/mol. The summed E-state index contributed by atoms with van der Waals surface area (Å²) in [6.45, 7) is 0.906. The zero-order valence-electron chi connectivity index (χ0n) is 11.4. The predicted octanol–water partition coefficient (Wildman–Crippen LogP) is 3.29. The van der Waals surface area contributed by atoms with E-state index < -0.39 is 11.7 Å². The highest BCUT2D eigenvalue weighted by Gasteiger charge is 2.30. The second-order valence-corrected chi connectivity index (χ2v) is 5.40. The normalized spacial score (nSPS) is 18.6. The Kier molecular flexibility index (Phi) is 3.49. The van der Waals surface area contributed by atoms with Gasteiger partial charge in [0.25, 0.3) is 0 Å². The Morgan fingerprint density at radius 1 is 1.24 bits per heavy atom. The molecule has 112 valence electrons. The molecule has 0 saturated carbocycles. The Morgan fingerprint density at radius 2 is 1.95 bits per heavy atom. The highest BCUT2D eigenvalue weighted by Crippen LogP contribution is 2.29. The molecule has 0 amide bonds. The van der Waals surface area contributed by atoms with Crippen LogP contribution in [0.15, 0.2) is 30.5 Å². The van der Waals surface area contributed by atoms with Crippen molar-refractivity contribution < 1.29 is 13.2 Å². The van der Waals surface area contributed by atoms with Crippen LogP contribution in [0.5, 0.6) is 0 Å². The molecule has 1 aromatic heterocycles. The molecule has 0 spiro atoms. The fraction of sp³-hybridized carbons (Fsp3) is 0.400. The molecule has 1 aliphatic heterocycles. The number of alkyl halides is 3. The van der Waals surface area contributed by atoms with Gasteiger partial charge in [-0.15, -0.1) is 0 Å². The Balaban J connectivity index is 1.78. The highest BCUT2D eigenvalue weighted by molar-refractivity contribution is 5.28. The average Bonchev–Trinajstić information content (AvgIpc) is 2.82. The molecule has 2 aromatic rings. The van der Waals surface area contributed by atoms with Crippen molar-refractivity contribution in [3.8, 4) is 0 Å². The van der Waals surface area contributed by atoms with Crippen LogP contribution in [0.2, 0.25) is 0 Å². The standard InChI is InChI=1S/C15H16F3N3/c16-15(17,18)11-5-3-10(4-6-11)8-12-9-21-7-1-2-13(19)14(21)20-12/h3-6,9,13H,1-2,7-8,19H2. The van der Waals surface area contributed by atoms with Crippen LogP contribution < -0.4 is 5.73 Å². The number of nitrogens with zero attached hydrogens (tertiary/aromatic N) is 2. The molecular formula is C15H16F3N3. The second-order valence-electron chi connectivity index (χ2n) is 5.40. The maximum atomic E-state index is 12.5. The van der Waals surface area contributed by atoms with Crippen molar-refractivity contribution in [2.24, 2.45) is 5.73 Å². The van der Waals surface area contributed by atoms with Gasteiger partial charge in [0.05, 0.1) is 17.3 Å². The maximum Gasteiger partial charge on any atom is 0.416 e. The molecule has 0 radical (unpaired) electrons. The number of aromatic nitrogens is 2. The van der Waals surface area contributed by atoms with Gasteiger partial charge in [0, 0.05) is 19.2 Å². The molecule has 0 bridgehead atoms. The van der Waals surface area contributed by atoms with Gasteiger partial charge in [0.2, 0.25) is 0 Å². The number of hydrogen-bond donors (Lipinski definition) is 1. The number of hydrogen-bond acceptors (Lipinski definition) is 2. The fourth-order valence-electron chi connectivity index (χ4n) is 2.68. The first-order valence-electron chi connectivity index (χ1n) is 6.91. The van der Waals surface area contributed by atoms with Crippen LogP contribution in [0.25, 0.3) is 0 Å². The van der Waals surface area contributed by atoms with Gasteiger partial charge in [-0.25, -0.2) is 4.98 Å². The highest BCUT2D eigenvalue weighted by atomic mass is 19.4. The molecule has 0 aliphatic carbocycles. The minimum atomic E-state index is -4.29. The number of nitrogens with two attached hydrogens (primary N) is 1. The zero-order chi connectivity index (χ0) is 15.0. The Hall–Kier alpha value is -1.82. The van der Waals surface area contributed by atoms with Crippen LogP contribution >= 0.6 is 0 Å². The van der Waals surface area contributed by atoms with Crippen LogP contribution in [0, 0.1) is 0 Å². The summed E-state index contributed by atoms with van der Waals surface area (Å²) in [6, 6.07) is 5.18. The van der Waals surface area contributed by atoms with Crippen molar-refractivity contribution in [3.63, 3.8) is 0 Å². The van der Waals surface area contributed by atoms with Crippen LogP contribution in [-0.4, -0.2) is 9.55 Å². The molecule has 21 heavy (non-hydrogen) atoms. The Morgan fingerprint density at radius 3 is 2.57 bits per heavy atom. The van der Waals surface area contributed by atoms with Crippen LogP contribution in [0.1, 0.15) is 41.5 Å². The Bertz CT molecular complexity index is 629. The molecule has 2 N–H and O–H groups in total. The summed E-state index contributed by atoms with van der Waals surface area (Å²) in [5, 5.41) is 0. The van der Waals surface area contributed by atoms with Crippen molar-refractivity contribution >= 4 is 0 Å². The van der Waals surface area contributed by atoms with Gasteiger partial charge in [-0.05, 0) is 30.5 Å². The summed E-state index contributed by atoms with van der Waals surface area (Å²) in [5.41, 5.74) is 7.05. The first-order chi connectivity index (χ1) is 9.93. The third kappa shape index (κ3) is 2.95. The molecular weight excluding hydrogens is 279 g/mol. The third-order valence-electron chi connectivity index (χ3n) is 3.77. The molecule has 2 heterocycles. The van der Waals surface area contributed by atoms with Crippen molar-refractivity contribution in [2.45, 2.75) is 38.0 Å². The lowest BCUT2D eigenvalue weighted by Gasteiger charge is -2.19. The quantitative estimate of drug-likeness (QED) is 0.924. The SMILES string of the molecule is NC1CCCn2cc(Cc3ccc(C(F)(F)F)cc3)nc21. The van der Waals surface area contributed by atoms with Crippen molar-refractivity contribution in [1.82, 2.24) is 9.55 Å². The van der Waals surface area contributed by atoms with Crippen LogP contribution in [0.4, 0.5) is 13.2 Å². The van der Waals surface area contributed by atoms with E-state index in [1.807, 2.05) is 10.8 Å². The Labute approximate surface area is 120 Å². The smallest absolute Gasteiger partial charge is 0.333 e. The van der Waals surface area contributed by atoms with Crippen molar-refractivity contribution in [1.29, 1.82) is 0 Å². The van der Waals surface area contributed by atoms with E-state index in [9.17, 15) is 13.2 Å². The molecule has 3 rings (SSSR count). The van der Waals surface area contributed by atoms with Gasteiger partial charge in [0.15, 0.2) is 0 Å². The van der Waals surface area contributed by atoms with Gasteiger partial charge in [-0.1, -0.05) is 12.1 Å². The first kappa shape index (κ1) is 14.1. The molecule has 0 saturated heterocycles. The van der Waals surface area contributed by atoms with E-state index in [0.29, 0.717) is 6.42 Å². The number of aryl methyl sites for hydroxylation is 1. The fourth-order valence-corrected chi connectivity index (χ4v) is 2.68. The first-order valence-corrected chi connectivity index (χ1v) is 6.91. The van der Waals surface area contributed by atoms with E-state index in [4.69, 9.17) is 5.73 Å².